The number of carbonyl (C=O) groups excluding carboxylic acids is 2. The maximum atomic E-state index is 12.2. The number of halogens is 1. The summed E-state index contributed by atoms with van der Waals surface area (Å²) < 4.78 is 25.3. The Balaban J connectivity index is 2.23. The van der Waals surface area contributed by atoms with Gasteiger partial charge in [0.2, 0.25) is 21.8 Å². The number of imide groups is 1. The van der Waals surface area contributed by atoms with Gasteiger partial charge in [-0.15, -0.1) is 0 Å². The lowest BCUT2D eigenvalue weighted by molar-refractivity contribution is -0.136. The first-order valence-electron chi connectivity index (χ1n) is 6.09. The highest BCUT2D eigenvalue weighted by Gasteiger charge is 2.36. The van der Waals surface area contributed by atoms with Crippen LogP contribution in [-0.2, 0) is 19.6 Å². The summed E-state index contributed by atoms with van der Waals surface area (Å²) in [6, 6.07) is 5.66. The molecule has 1 N–H and O–H groups in total. The molecule has 1 unspecified atom stereocenters. The average Bonchev–Trinajstić information content (AvgIpc) is 2.42. The lowest BCUT2D eigenvalue weighted by atomic mass is 10.2. The number of nitrogens with one attached hydrogen (secondary N) is 1. The highest BCUT2D eigenvalue weighted by atomic mass is 35.5. The second kappa shape index (κ2) is 5.97. The van der Waals surface area contributed by atoms with Crippen LogP contribution in [0.4, 0.5) is 0 Å². The third kappa shape index (κ3) is 3.69. The lowest BCUT2D eigenvalue weighted by Gasteiger charge is -2.29. The summed E-state index contributed by atoms with van der Waals surface area (Å²) in [6.07, 6.45) is 1.38. The van der Waals surface area contributed by atoms with E-state index in [-0.39, 0.29) is 6.54 Å². The molecule has 1 aliphatic rings. The van der Waals surface area contributed by atoms with E-state index in [0.717, 1.165) is 9.71 Å². The molecule has 1 aliphatic heterocycles. The number of nitrogens with zero attached hydrogens (tertiary/aromatic N) is 1. The molecule has 0 radical (unpaired) electrons. The second-order valence-corrected chi connectivity index (χ2v) is 6.74. The fraction of sp³-hybridized carbons (Fsp3) is 0.231. The van der Waals surface area contributed by atoms with E-state index in [0.29, 0.717) is 10.6 Å². The number of carbonyl (C=O) groups is 2. The number of piperazine rings is 1. The van der Waals surface area contributed by atoms with Crippen molar-refractivity contribution in [3.05, 3.63) is 40.3 Å². The van der Waals surface area contributed by atoms with E-state index in [1.807, 2.05) is 0 Å². The molecule has 1 atom stereocenters. The first-order chi connectivity index (χ1) is 9.79. The van der Waals surface area contributed by atoms with Gasteiger partial charge in [0.05, 0.1) is 6.54 Å². The van der Waals surface area contributed by atoms with Crippen molar-refractivity contribution in [3.63, 3.8) is 0 Å². The molecule has 0 aromatic heterocycles. The van der Waals surface area contributed by atoms with Crippen molar-refractivity contribution in [3.8, 4) is 0 Å². The monoisotopic (exact) mass is 328 g/mol. The number of hydrogen-bond donors (Lipinski definition) is 1. The Morgan fingerprint density at radius 3 is 2.52 bits per heavy atom. The molecule has 112 valence electrons. The fourth-order valence-corrected chi connectivity index (χ4v) is 3.26. The molecule has 2 amide bonds. The molecule has 1 aromatic carbocycles. The maximum absolute atomic E-state index is 12.2. The van der Waals surface area contributed by atoms with Crippen LogP contribution in [0.5, 0.6) is 0 Å². The Bertz CT molecular complexity index is 697. The third-order valence-electron chi connectivity index (χ3n) is 3.00. The molecular weight excluding hydrogens is 316 g/mol. The topological polar surface area (TPSA) is 83.6 Å². The smallest absolute Gasteiger partial charge is 0.244 e. The summed E-state index contributed by atoms with van der Waals surface area (Å²) in [6.45, 7) is 1.05. The SMILES string of the molecule is CC1C(=O)NC(=O)CN1S(=O)(=O)C=Cc1ccc(Cl)cc1. The highest BCUT2D eigenvalue weighted by molar-refractivity contribution is 7.92. The molecule has 6 nitrogen and oxygen atoms in total. The summed E-state index contributed by atoms with van der Waals surface area (Å²) >= 11 is 5.74. The third-order valence-corrected chi connectivity index (χ3v) is 4.83. The van der Waals surface area contributed by atoms with Crippen LogP contribution in [0, 0.1) is 0 Å². The number of benzene rings is 1. The molecule has 0 spiro atoms. The Morgan fingerprint density at radius 2 is 1.90 bits per heavy atom. The molecular formula is C13H13ClN2O4S. The van der Waals surface area contributed by atoms with Crippen LogP contribution in [0.3, 0.4) is 0 Å². The second-order valence-electron chi connectivity index (χ2n) is 4.53. The average molecular weight is 329 g/mol. The molecule has 1 saturated heterocycles. The number of amides is 2. The van der Waals surface area contributed by atoms with Crippen LogP contribution in [0.25, 0.3) is 6.08 Å². The van der Waals surface area contributed by atoms with E-state index in [4.69, 9.17) is 11.6 Å². The summed E-state index contributed by atoms with van der Waals surface area (Å²) in [4.78, 5) is 22.8. The van der Waals surface area contributed by atoms with E-state index in [9.17, 15) is 18.0 Å². The Labute approximate surface area is 127 Å². The van der Waals surface area contributed by atoms with E-state index < -0.39 is 27.9 Å². The lowest BCUT2D eigenvalue weighted by Crippen LogP contribution is -2.58. The maximum Gasteiger partial charge on any atom is 0.244 e. The Morgan fingerprint density at radius 1 is 1.29 bits per heavy atom. The number of rotatable bonds is 3. The van der Waals surface area contributed by atoms with Crippen LogP contribution in [0.2, 0.25) is 5.02 Å². The zero-order valence-electron chi connectivity index (χ0n) is 11.1. The number of hydrogen-bond acceptors (Lipinski definition) is 4. The zero-order chi connectivity index (χ0) is 15.6. The van der Waals surface area contributed by atoms with E-state index in [1.54, 1.807) is 24.3 Å². The van der Waals surface area contributed by atoms with Crippen molar-refractivity contribution in [2.75, 3.05) is 6.54 Å². The standard InChI is InChI=1S/C13H13ClN2O4S/c1-9-13(18)15-12(17)8-16(9)21(19,20)7-6-10-2-4-11(14)5-3-10/h2-7,9H,8H2,1H3,(H,15,17,18). The van der Waals surface area contributed by atoms with Crippen molar-refractivity contribution in [1.29, 1.82) is 0 Å². The normalized spacial score (nSPS) is 20.8. The van der Waals surface area contributed by atoms with Gasteiger partial charge in [0, 0.05) is 10.4 Å². The predicted molar refractivity (Wildman–Crippen MR) is 78.7 cm³/mol. The summed E-state index contributed by atoms with van der Waals surface area (Å²) in [7, 11) is -3.87. The van der Waals surface area contributed by atoms with Crippen molar-refractivity contribution in [2.45, 2.75) is 13.0 Å². The molecule has 1 aromatic rings. The van der Waals surface area contributed by atoms with E-state index in [1.165, 1.54) is 13.0 Å². The van der Waals surface area contributed by atoms with Gasteiger partial charge in [-0.05, 0) is 30.7 Å². The van der Waals surface area contributed by atoms with Gasteiger partial charge in [0.1, 0.15) is 6.04 Å². The van der Waals surface area contributed by atoms with Gasteiger partial charge >= 0.3 is 0 Å². The quantitative estimate of drug-likeness (QED) is 0.839. The largest absolute Gasteiger partial charge is 0.294 e. The van der Waals surface area contributed by atoms with Crippen LogP contribution in [0.1, 0.15) is 12.5 Å². The minimum atomic E-state index is -3.87. The van der Waals surface area contributed by atoms with Gasteiger partial charge in [0.25, 0.3) is 0 Å². The van der Waals surface area contributed by atoms with E-state index >= 15 is 0 Å². The van der Waals surface area contributed by atoms with E-state index in [2.05, 4.69) is 5.32 Å². The van der Waals surface area contributed by atoms with Crippen LogP contribution in [-0.4, -0.2) is 37.1 Å². The molecule has 1 fully saturated rings. The van der Waals surface area contributed by atoms with Gasteiger partial charge in [-0.2, -0.15) is 4.31 Å². The van der Waals surface area contributed by atoms with Crippen LogP contribution >= 0.6 is 11.6 Å². The van der Waals surface area contributed by atoms with Gasteiger partial charge in [0.15, 0.2) is 0 Å². The fourth-order valence-electron chi connectivity index (χ4n) is 1.82. The zero-order valence-corrected chi connectivity index (χ0v) is 12.7. The van der Waals surface area contributed by atoms with Crippen molar-refractivity contribution in [2.24, 2.45) is 0 Å². The minimum Gasteiger partial charge on any atom is -0.294 e. The molecule has 1 heterocycles. The first-order valence-corrected chi connectivity index (χ1v) is 7.97. The molecule has 0 bridgehead atoms. The van der Waals surface area contributed by atoms with Crippen molar-refractivity contribution >= 4 is 39.5 Å². The minimum absolute atomic E-state index is 0.375. The predicted octanol–water partition coefficient (Wildman–Crippen LogP) is 0.987. The molecule has 8 heteroatoms. The molecule has 0 aliphatic carbocycles. The van der Waals surface area contributed by atoms with Crippen LogP contribution < -0.4 is 5.32 Å². The van der Waals surface area contributed by atoms with Gasteiger partial charge < -0.3 is 0 Å². The first kappa shape index (κ1) is 15.7. The van der Waals surface area contributed by atoms with Crippen LogP contribution in [0.15, 0.2) is 29.7 Å². The molecule has 0 saturated carbocycles. The Hall–Kier alpha value is -1.70. The van der Waals surface area contributed by atoms with Gasteiger partial charge in [-0.3, -0.25) is 14.9 Å². The highest BCUT2D eigenvalue weighted by Crippen LogP contribution is 2.15. The molecule has 21 heavy (non-hydrogen) atoms. The van der Waals surface area contributed by atoms with Gasteiger partial charge in [-0.25, -0.2) is 8.42 Å². The van der Waals surface area contributed by atoms with Crippen molar-refractivity contribution < 1.29 is 18.0 Å². The summed E-state index contributed by atoms with van der Waals surface area (Å²) in [5.74, 6) is -1.27. The van der Waals surface area contributed by atoms with Crippen molar-refractivity contribution in [1.82, 2.24) is 9.62 Å². The summed E-state index contributed by atoms with van der Waals surface area (Å²) in [5.41, 5.74) is 0.642. The molecule has 2 rings (SSSR count). The summed E-state index contributed by atoms with van der Waals surface area (Å²) in [5, 5.41) is 3.60. The Kier molecular flexibility index (Phi) is 4.46. The van der Waals surface area contributed by atoms with Gasteiger partial charge in [-0.1, -0.05) is 23.7 Å². The number of sulfonamides is 1.